The molecule has 0 aromatic carbocycles. The Bertz CT molecular complexity index is 1400. The average Bonchev–Trinajstić information content (AvgIpc) is 3.34. The second kappa shape index (κ2) is 55.4. The maximum atomic E-state index is 13.3. The quantitative estimate of drug-likeness (QED) is 0.0244. The molecule has 6 heteroatoms. The van der Waals surface area contributed by atoms with Crippen LogP contribution in [-0.2, 0) is 14.3 Å². The molecule has 3 atom stereocenters. The van der Waals surface area contributed by atoms with E-state index in [0.717, 1.165) is 103 Å². The minimum absolute atomic E-state index is 0.0302. The lowest BCUT2D eigenvalue weighted by Gasteiger charge is -2.24. The Morgan fingerprint density at radius 2 is 0.826 bits per heavy atom. The van der Waals surface area contributed by atoms with Crippen LogP contribution in [0.3, 0.4) is 0 Å². The first-order valence-corrected chi connectivity index (χ1v) is 28.7. The molecule has 0 saturated carbocycles. The monoisotopic (exact) mass is 958 g/mol. The van der Waals surface area contributed by atoms with Crippen LogP contribution in [0.4, 0.5) is 0 Å². The lowest BCUT2D eigenvalue weighted by atomic mass is 10.0. The lowest BCUT2D eigenvalue weighted by molar-refractivity contribution is -0.151. The van der Waals surface area contributed by atoms with Gasteiger partial charge in [0.05, 0.1) is 25.2 Å². The van der Waals surface area contributed by atoms with Crippen LogP contribution in [0.25, 0.3) is 0 Å². The van der Waals surface area contributed by atoms with E-state index in [-0.39, 0.29) is 24.9 Å². The zero-order chi connectivity index (χ0) is 50.2. The molecule has 0 aliphatic carbocycles. The molecule has 3 unspecified atom stereocenters. The fraction of sp³-hybridized carbons (Fsp3) is 0.683. The van der Waals surface area contributed by atoms with E-state index in [4.69, 9.17) is 4.74 Å². The van der Waals surface area contributed by atoms with Gasteiger partial charge in [-0.25, -0.2) is 0 Å². The van der Waals surface area contributed by atoms with Crippen molar-refractivity contribution in [1.82, 2.24) is 5.32 Å². The number of esters is 1. The molecule has 69 heavy (non-hydrogen) atoms. The highest BCUT2D eigenvalue weighted by atomic mass is 16.5. The summed E-state index contributed by atoms with van der Waals surface area (Å²) in [6.45, 7) is 6.36. The molecule has 0 spiro atoms. The maximum Gasteiger partial charge on any atom is 0.306 e. The van der Waals surface area contributed by atoms with Crippen molar-refractivity contribution in [3.63, 3.8) is 0 Å². The van der Waals surface area contributed by atoms with Gasteiger partial charge in [-0.2, -0.15) is 0 Å². The number of amides is 1. The highest BCUT2D eigenvalue weighted by Gasteiger charge is 2.24. The molecule has 0 bridgehead atoms. The lowest BCUT2D eigenvalue weighted by Crippen LogP contribution is -2.46. The molecule has 394 valence electrons. The van der Waals surface area contributed by atoms with Gasteiger partial charge >= 0.3 is 5.97 Å². The van der Waals surface area contributed by atoms with Gasteiger partial charge in [0.25, 0.3) is 0 Å². The van der Waals surface area contributed by atoms with Crippen molar-refractivity contribution in [3.8, 4) is 0 Å². The van der Waals surface area contributed by atoms with Gasteiger partial charge in [0.15, 0.2) is 0 Å². The molecule has 0 aliphatic heterocycles. The van der Waals surface area contributed by atoms with Gasteiger partial charge in [-0.05, 0) is 89.9 Å². The molecular weight excluding hydrogens is 851 g/mol. The number of unbranched alkanes of at least 4 members (excludes halogenated alkanes) is 24. The molecule has 0 saturated heterocycles. The summed E-state index contributed by atoms with van der Waals surface area (Å²) in [6.07, 6.45) is 75.7. The molecule has 0 heterocycles. The van der Waals surface area contributed by atoms with E-state index >= 15 is 0 Å². The minimum Gasteiger partial charge on any atom is -0.462 e. The summed E-state index contributed by atoms with van der Waals surface area (Å²) < 4.78 is 5.93. The van der Waals surface area contributed by atoms with Crippen LogP contribution < -0.4 is 5.32 Å². The van der Waals surface area contributed by atoms with Crippen molar-refractivity contribution in [2.75, 3.05) is 6.61 Å². The first kappa shape index (κ1) is 65.5. The Morgan fingerprint density at radius 3 is 1.33 bits per heavy atom. The summed E-state index contributed by atoms with van der Waals surface area (Å²) in [4.78, 5) is 26.3. The Balaban J connectivity index is 4.73. The van der Waals surface area contributed by atoms with Gasteiger partial charge in [0.2, 0.25) is 5.91 Å². The summed E-state index contributed by atoms with van der Waals surface area (Å²) in [7, 11) is 0. The van der Waals surface area contributed by atoms with Gasteiger partial charge in [0.1, 0.15) is 6.10 Å². The number of carbonyl (C=O) groups is 2. The van der Waals surface area contributed by atoms with Crippen LogP contribution in [-0.4, -0.2) is 46.9 Å². The third kappa shape index (κ3) is 50.7. The summed E-state index contributed by atoms with van der Waals surface area (Å²) in [5.41, 5.74) is 0. The van der Waals surface area contributed by atoms with Crippen LogP contribution in [0, 0.1) is 0 Å². The van der Waals surface area contributed by atoms with Crippen molar-refractivity contribution in [3.05, 3.63) is 109 Å². The van der Waals surface area contributed by atoms with E-state index in [9.17, 15) is 19.8 Å². The number of aliphatic hydroxyl groups excluding tert-OH is 2. The second-order valence-corrected chi connectivity index (χ2v) is 19.1. The number of nitrogens with one attached hydrogen (secondary N) is 1. The number of hydrogen-bond acceptors (Lipinski definition) is 5. The SMILES string of the molecule is CCC/C=C/C=C/C=C/C=C/C=C/CCCCCC(CC(=O)NC(CO)C(O)CCCCCCCCCCCCCCCCC)OC(=O)CCCCC/C=C\C/C=C\C/C=C\C/C=C\CCCCC. The third-order valence-electron chi connectivity index (χ3n) is 12.4. The average molecular weight is 959 g/mol. The Labute approximate surface area is 426 Å². The largest absolute Gasteiger partial charge is 0.462 e. The highest BCUT2D eigenvalue weighted by molar-refractivity contribution is 5.77. The predicted molar refractivity (Wildman–Crippen MR) is 300 cm³/mol. The minimum atomic E-state index is -0.813. The van der Waals surface area contributed by atoms with Gasteiger partial charge in [-0.1, -0.05) is 259 Å². The van der Waals surface area contributed by atoms with Crippen molar-refractivity contribution in [2.45, 2.75) is 270 Å². The smallest absolute Gasteiger partial charge is 0.306 e. The number of rotatable bonds is 50. The van der Waals surface area contributed by atoms with Gasteiger partial charge in [0, 0.05) is 6.42 Å². The van der Waals surface area contributed by atoms with Gasteiger partial charge in [-0.15, -0.1) is 0 Å². The topological polar surface area (TPSA) is 95.9 Å². The van der Waals surface area contributed by atoms with Crippen molar-refractivity contribution >= 4 is 11.9 Å². The second-order valence-electron chi connectivity index (χ2n) is 19.1. The van der Waals surface area contributed by atoms with E-state index in [1.807, 2.05) is 36.5 Å². The first-order valence-electron chi connectivity index (χ1n) is 28.7. The molecule has 3 N–H and O–H groups in total. The van der Waals surface area contributed by atoms with E-state index in [1.54, 1.807) is 0 Å². The maximum absolute atomic E-state index is 13.3. The zero-order valence-electron chi connectivity index (χ0n) is 44.9. The van der Waals surface area contributed by atoms with Gasteiger partial charge in [-0.3, -0.25) is 9.59 Å². The van der Waals surface area contributed by atoms with E-state index in [2.05, 4.69) is 99.0 Å². The highest BCUT2D eigenvalue weighted by Crippen LogP contribution is 2.17. The first-order chi connectivity index (χ1) is 34.0. The van der Waals surface area contributed by atoms with Crippen molar-refractivity contribution in [1.29, 1.82) is 0 Å². The van der Waals surface area contributed by atoms with E-state index < -0.39 is 18.2 Å². The number of allylic oxidation sites excluding steroid dienone is 18. The Hall–Kier alpha value is -3.48. The standard InChI is InChI=1S/C63H107NO5/c1-4-7-10-13-16-19-22-25-28-30-31-32-35-38-41-44-47-50-53-56-63(68)69-59(54-51-48-45-42-39-36-34-29-26-23-20-17-14-11-8-5-2)57-62(67)64-60(58-65)61(66)55-52-49-46-43-40-37-33-27-24-21-18-15-12-9-6-3/h11,14,16-17,19-20,23,25-26,28-29,31-32,34,36,38-39,41,59-61,65-66H,4-10,12-13,15,18,21-22,24,27,30,33,35,37,40,42-58H2,1-3H3,(H,64,67)/b14-11+,19-16-,20-17+,26-23+,28-25-,32-31-,34-29+,39-36+,41-38-. The van der Waals surface area contributed by atoms with Crippen LogP contribution >= 0.6 is 0 Å². The third-order valence-corrected chi connectivity index (χ3v) is 12.4. The molecule has 0 rings (SSSR count). The van der Waals surface area contributed by atoms with Crippen LogP contribution in [0.1, 0.15) is 252 Å². The normalized spacial score (nSPS) is 14.0. The summed E-state index contributed by atoms with van der Waals surface area (Å²) in [5.74, 6) is -0.557. The summed E-state index contributed by atoms with van der Waals surface area (Å²) >= 11 is 0. The van der Waals surface area contributed by atoms with Crippen molar-refractivity contribution < 1.29 is 24.5 Å². The summed E-state index contributed by atoms with van der Waals surface area (Å²) in [5, 5.41) is 23.9. The molecule has 0 aliphatic rings. The molecule has 1 amide bonds. The van der Waals surface area contributed by atoms with Crippen molar-refractivity contribution in [2.24, 2.45) is 0 Å². The number of aliphatic hydroxyl groups is 2. The van der Waals surface area contributed by atoms with Crippen LogP contribution in [0.15, 0.2) is 109 Å². The Kier molecular flexibility index (Phi) is 52.7. The van der Waals surface area contributed by atoms with Crippen LogP contribution in [0.5, 0.6) is 0 Å². The number of carbonyl (C=O) groups excluding carboxylic acids is 2. The molecule has 0 aromatic rings. The predicted octanol–water partition coefficient (Wildman–Crippen LogP) is 17.8. The molecule has 6 nitrogen and oxygen atoms in total. The number of hydrogen-bond donors (Lipinski definition) is 3. The van der Waals surface area contributed by atoms with Gasteiger partial charge < -0.3 is 20.3 Å². The number of ether oxygens (including phenoxy) is 1. The molecule has 0 aromatic heterocycles. The fourth-order valence-corrected chi connectivity index (χ4v) is 8.09. The molecule has 0 fully saturated rings. The zero-order valence-corrected chi connectivity index (χ0v) is 44.9. The summed E-state index contributed by atoms with van der Waals surface area (Å²) in [6, 6.07) is -0.731. The molecular formula is C63H107NO5. The van der Waals surface area contributed by atoms with E-state index in [1.165, 1.54) is 103 Å². The molecule has 0 radical (unpaired) electrons. The van der Waals surface area contributed by atoms with E-state index in [0.29, 0.717) is 19.3 Å². The Morgan fingerprint density at radius 1 is 0.435 bits per heavy atom. The van der Waals surface area contributed by atoms with Crippen LogP contribution in [0.2, 0.25) is 0 Å². The fourth-order valence-electron chi connectivity index (χ4n) is 8.09.